The Bertz CT molecular complexity index is 525. The summed E-state index contributed by atoms with van der Waals surface area (Å²) in [4.78, 5) is 11.8. The largest absolute Gasteiger partial charge is 0.464 e. The Balaban J connectivity index is 2.13. The van der Waals surface area contributed by atoms with E-state index in [0.29, 0.717) is 6.42 Å². The maximum Gasteiger partial charge on any atom is 0.401 e. The zero-order valence-electron chi connectivity index (χ0n) is 17.4. The smallest absolute Gasteiger partial charge is 0.401 e. The molecule has 0 aromatic carbocycles. The number of carbonyl (C=O) groups is 1. The van der Waals surface area contributed by atoms with E-state index < -0.39 is 34.7 Å². The minimum atomic E-state index is -4.35. The van der Waals surface area contributed by atoms with Crippen LogP contribution in [0.4, 0.5) is 4.39 Å². The first-order chi connectivity index (χ1) is 13.4. The van der Waals surface area contributed by atoms with Crippen molar-refractivity contribution in [3.05, 3.63) is 0 Å². The van der Waals surface area contributed by atoms with Crippen LogP contribution >= 0.6 is 0 Å². The average Bonchev–Trinajstić information content (AvgIpc) is 2.98. The highest BCUT2D eigenvalue weighted by molar-refractivity contribution is 7.82. The summed E-state index contributed by atoms with van der Waals surface area (Å²) in [5.41, 5.74) is 0. The summed E-state index contributed by atoms with van der Waals surface area (Å²) >= 11 is 0. The lowest BCUT2D eigenvalue weighted by Crippen LogP contribution is -2.39. The minimum Gasteiger partial charge on any atom is -0.464 e. The average molecular weight is 425 g/mol. The van der Waals surface area contributed by atoms with Crippen LogP contribution in [0.2, 0.25) is 0 Å². The third-order valence-corrected chi connectivity index (χ3v) is 5.86. The number of alkyl halides is 1. The summed E-state index contributed by atoms with van der Waals surface area (Å²) in [6, 6.07) is 0. The molecule has 6 nitrogen and oxygen atoms in total. The second-order valence-electron chi connectivity index (χ2n) is 7.43. The highest BCUT2D eigenvalue weighted by Gasteiger charge is 2.49. The molecule has 1 aliphatic heterocycles. The van der Waals surface area contributed by atoms with Crippen molar-refractivity contribution in [1.82, 2.24) is 0 Å². The predicted molar refractivity (Wildman–Crippen MR) is 106 cm³/mol. The van der Waals surface area contributed by atoms with Gasteiger partial charge in [0.05, 0.1) is 6.61 Å². The molecule has 0 N–H and O–H groups in total. The van der Waals surface area contributed by atoms with Gasteiger partial charge < -0.3 is 4.74 Å². The lowest BCUT2D eigenvalue weighted by atomic mass is 10.0. The van der Waals surface area contributed by atoms with Crippen molar-refractivity contribution in [3.63, 3.8) is 0 Å². The van der Waals surface area contributed by atoms with Crippen LogP contribution in [-0.4, -0.2) is 39.4 Å². The normalized spacial score (nSPS) is 22.2. The molecule has 0 aliphatic carbocycles. The molecule has 1 heterocycles. The van der Waals surface area contributed by atoms with E-state index in [0.717, 1.165) is 19.3 Å². The number of esters is 1. The number of unbranched alkanes of at least 4 members (excludes halogenated alkanes) is 11. The van der Waals surface area contributed by atoms with Gasteiger partial charge in [0.25, 0.3) is 0 Å². The molecular formula is C20H37FO6S. The summed E-state index contributed by atoms with van der Waals surface area (Å²) in [7, 11) is -4.35. The highest BCUT2D eigenvalue weighted by Crippen LogP contribution is 2.28. The molecule has 0 bridgehead atoms. The molecule has 0 radical (unpaired) electrons. The first-order valence-electron chi connectivity index (χ1n) is 10.8. The van der Waals surface area contributed by atoms with Crippen LogP contribution in [0.3, 0.4) is 0 Å². The van der Waals surface area contributed by atoms with Gasteiger partial charge in [-0.3, -0.25) is 0 Å². The van der Waals surface area contributed by atoms with Gasteiger partial charge in [0.15, 0.2) is 0 Å². The molecule has 1 fully saturated rings. The molecule has 1 rings (SSSR count). The van der Waals surface area contributed by atoms with Crippen molar-refractivity contribution in [2.24, 2.45) is 0 Å². The van der Waals surface area contributed by atoms with Gasteiger partial charge in [-0.2, -0.15) is 8.42 Å². The van der Waals surface area contributed by atoms with Gasteiger partial charge in [0.1, 0.15) is 12.3 Å². The van der Waals surface area contributed by atoms with E-state index in [1.165, 1.54) is 51.4 Å². The molecule has 8 heteroatoms. The van der Waals surface area contributed by atoms with Gasteiger partial charge in [-0.15, -0.1) is 0 Å². The van der Waals surface area contributed by atoms with Crippen molar-refractivity contribution < 1.29 is 30.7 Å². The van der Waals surface area contributed by atoms with Gasteiger partial charge in [-0.25, -0.2) is 17.6 Å². The highest BCUT2D eigenvalue weighted by atomic mass is 32.3. The standard InChI is InChI=1S/C20H37FO6S/c1-3-5-6-7-8-9-10-11-12-13-14-15-16-17(21)18-19(20(22)25-4-2)27-28(23,24)26-18/h17-19H,3-16H2,1-2H3/t17-,18-,19+/m1/s1. The summed E-state index contributed by atoms with van der Waals surface area (Å²) in [5, 5.41) is 0. The van der Waals surface area contributed by atoms with Crippen LogP contribution in [0.5, 0.6) is 0 Å². The van der Waals surface area contributed by atoms with Crippen LogP contribution in [-0.2, 0) is 28.3 Å². The molecule has 28 heavy (non-hydrogen) atoms. The van der Waals surface area contributed by atoms with E-state index in [-0.39, 0.29) is 13.0 Å². The quantitative estimate of drug-likeness (QED) is 0.256. The Labute approximate surface area is 169 Å². The number of halogens is 1. The van der Waals surface area contributed by atoms with E-state index in [4.69, 9.17) is 4.74 Å². The molecule has 1 saturated heterocycles. The Morgan fingerprint density at radius 3 is 1.89 bits per heavy atom. The van der Waals surface area contributed by atoms with Crippen LogP contribution in [0.25, 0.3) is 0 Å². The first-order valence-corrected chi connectivity index (χ1v) is 12.2. The summed E-state index contributed by atoms with van der Waals surface area (Å²) in [6.45, 7) is 3.86. The van der Waals surface area contributed by atoms with Gasteiger partial charge in [0, 0.05) is 0 Å². The van der Waals surface area contributed by atoms with Crippen LogP contribution < -0.4 is 0 Å². The van der Waals surface area contributed by atoms with E-state index in [9.17, 15) is 17.6 Å². The zero-order valence-corrected chi connectivity index (χ0v) is 18.2. The zero-order chi connectivity index (χ0) is 20.8. The first kappa shape index (κ1) is 25.3. The lowest BCUT2D eigenvalue weighted by Gasteiger charge is -2.17. The Hall–Kier alpha value is -0.730. The molecule has 0 spiro atoms. The van der Waals surface area contributed by atoms with E-state index in [1.807, 2.05) is 0 Å². The Kier molecular flexibility index (Phi) is 12.9. The third-order valence-electron chi connectivity index (χ3n) is 4.96. The molecule has 0 aromatic rings. The van der Waals surface area contributed by atoms with Crippen molar-refractivity contribution in [2.75, 3.05) is 6.61 Å². The second-order valence-corrected chi connectivity index (χ2v) is 8.63. The summed E-state index contributed by atoms with van der Waals surface area (Å²) < 4.78 is 51.2. The second kappa shape index (κ2) is 14.3. The molecule has 0 saturated carbocycles. The van der Waals surface area contributed by atoms with E-state index in [2.05, 4.69) is 15.3 Å². The molecule has 0 amide bonds. The maximum atomic E-state index is 14.4. The maximum absolute atomic E-state index is 14.4. The van der Waals surface area contributed by atoms with Gasteiger partial charge in [-0.1, -0.05) is 84.0 Å². The van der Waals surface area contributed by atoms with E-state index in [1.54, 1.807) is 6.92 Å². The molecule has 166 valence electrons. The number of hydrogen-bond acceptors (Lipinski definition) is 6. The fourth-order valence-corrected chi connectivity index (χ4v) is 4.36. The molecule has 1 aliphatic rings. The van der Waals surface area contributed by atoms with Crippen LogP contribution in [0, 0.1) is 0 Å². The molecule has 0 aromatic heterocycles. The van der Waals surface area contributed by atoms with Gasteiger partial charge in [0.2, 0.25) is 6.10 Å². The molecular weight excluding hydrogens is 387 g/mol. The Morgan fingerprint density at radius 2 is 1.39 bits per heavy atom. The number of rotatable bonds is 16. The molecule has 3 atom stereocenters. The van der Waals surface area contributed by atoms with Crippen molar-refractivity contribution in [2.45, 2.75) is 116 Å². The number of ether oxygens (including phenoxy) is 1. The number of hydrogen-bond donors (Lipinski definition) is 0. The van der Waals surface area contributed by atoms with Crippen LogP contribution in [0.1, 0.15) is 97.3 Å². The Morgan fingerprint density at radius 1 is 0.893 bits per heavy atom. The van der Waals surface area contributed by atoms with Crippen molar-refractivity contribution >= 4 is 16.4 Å². The van der Waals surface area contributed by atoms with Crippen LogP contribution in [0.15, 0.2) is 0 Å². The number of carbonyl (C=O) groups excluding carboxylic acids is 1. The van der Waals surface area contributed by atoms with Crippen molar-refractivity contribution in [3.8, 4) is 0 Å². The predicted octanol–water partition coefficient (Wildman–Crippen LogP) is 5.01. The topological polar surface area (TPSA) is 78.9 Å². The lowest BCUT2D eigenvalue weighted by molar-refractivity contribution is -0.153. The molecule has 0 unspecified atom stereocenters. The van der Waals surface area contributed by atoms with Gasteiger partial charge >= 0.3 is 16.4 Å². The van der Waals surface area contributed by atoms with Crippen molar-refractivity contribution in [1.29, 1.82) is 0 Å². The SMILES string of the molecule is CCCCCCCCCCCCCC[C@@H](F)[C@H]1OS(=O)(=O)O[C@@H]1C(=O)OCC. The fraction of sp³-hybridized carbons (Fsp3) is 0.950. The van der Waals surface area contributed by atoms with Gasteiger partial charge in [-0.05, 0) is 13.3 Å². The summed E-state index contributed by atoms with van der Waals surface area (Å²) in [5.74, 6) is -0.911. The summed E-state index contributed by atoms with van der Waals surface area (Å²) in [6.07, 6.45) is 9.54. The monoisotopic (exact) mass is 424 g/mol. The fourth-order valence-electron chi connectivity index (χ4n) is 3.38. The van der Waals surface area contributed by atoms with E-state index >= 15 is 0 Å². The minimum absolute atomic E-state index is 0.0567. The third kappa shape index (κ3) is 10.2.